The van der Waals surface area contributed by atoms with E-state index in [1.807, 2.05) is 6.92 Å². The van der Waals surface area contributed by atoms with E-state index in [1.165, 1.54) is 36.4 Å². The number of nitrogens with zero attached hydrogens (tertiary/aromatic N) is 1. The summed E-state index contributed by atoms with van der Waals surface area (Å²) in [5.74, 6) is -4.04. The first-order valence-electron chi connectivity index (χ1n) is 16.2. The monoisotopic (exact) mass is 655 g/mol. The van der Waals surface area contributed by atoms with E-state index in [0.29, 0.717) is 36.8 Å². The third-order valence-electron chi connectivity index (χ3n) is 11.5. The molecule has 12 heteroatoms. The summed E-state index contributed by atoms with van der Waals surface area (Å²) in [4.78, 5) is 67.7. The highest BCUT2D eigenvalue weighted by molar-refractivity contribution is 6.01. The number of hydrogen-bond acceptors (Lipinski definition) is 10. The number of alkyl halides is 1. The smallest absolute Gasteiger partial charge is 0.338 e. The molecular weight excluding hydrogens is 613 g/mol. The number of benzene rings is 1. The number of fused-ring (bicyclic) bond motifs is 5. The Labute approximate surface area is 272 Å². The van der Waals surface area contributed by atoms with Crippen LogP contribution in [0, 0.1) is 38.7 Å². The first-order valence-corrected chi connectivity index (χ1v) is 16.2. The SMILES string of the molecule is CCCCC(=O)O[C@]1(C(=O)COC(=O)c2ccc(CO[N+](=O)[O-])cc2)[C@@H](C)C[C@H]2C3CCC4=CC(=O)C=C[C@]4(C)[C@@]3(F)[C@@H](O)C[C@@]21C. The zero-order chi connectivity index (χ0) is 34.4. The van der Waals surface area contributed by atoms with Crippen molar-refractivity contribution < 1.29 is 48.1 Å². The van der Waals surface area contributed by atoms with Gasteiger partial charge in [0.1, 0.15) is 6.61 Å². The van der Waals surface area contributed by atoms with E-state index in [0.717, 1.165) is 6.42 Å². The van der Waals surface area contributed by atoms with Crippen LogP contribution in [0.1, 0.15) is 88.6 Å². The van der Waals surface area contributed by atoms with Crippen LogP contribution < -0.4 is 0 Å². The molecule has 0 radical (unpaired) electrons. The molecule has 1 unspecified atom stereocenters. The average Bonchev–Trinajstić information content (AvgIpc) is 3.24. The predicted octanol–water partition coefficient (Wildman–Crippen LogP) is 5.21. The molecule has 254 valence electrons. The van der Waals surface area contributed by atoms with Gasteiger partial charge < -0.3 is 19.4 Å². The number of ether oxygens (including phenoxy) is 2. The molecule has 8 atom stereocenters. The fraction of sp³-hybridized carbons (Fsp3) is 0.600. The van der Waals surface area contributed by atoms with Crippen LogP contribution in [0.5, 0.6) is 0 Å². The van der Waals surface area contributed by atoms with Crippen molar-refractivity contribution in [1.29, 1.82) is 0 Å². The average molecular weight is 656 g/mol. The van der Waals surface area contributed by atoms with Crippen LogP contribution in [0.2, 0.25) is 0 Å². The van der Waals surface area contributed by atoms with Gasteiger partial charge in [-0.3, -0.25) is 14.4 Å². The molecule has 4 aliphatic rings. The van der Waals surface area contributed by atoms with Gasteiger partial charge in [0.2, 0.25) is 5.78 Å². The van der Waals surface area contributed by atoms with E-state index >= 15 is 4.39 Å². The van der Waals surface area contributed by atoms with Crippen molar-refractivity contribution >= 4 is 23.5 Å². The van der Waals surface area contributed by atoms with Crippen LogP contribution in [0.4, 0.5) is 4.39 Å². The highest BCUT2D eigenvalue weighted by atomic mass is 19.1. The van der Waals surface area contributed by atoms with Crippen molar-refractivity contribution in [2.24, 2.45) is 28.6 Å². The Morgan fingerprint density at radius 3 is 2.51 bits per heavy atom. The van der Waals surface area contributed by atoms with Gasteiger partial charge in [-0.05, 0) is 74.8 Å². The van der Waals surface area contributed by atoms with E-state index in [9.17, 15) is 34.4 Å². The highest BCUT2D eigenvalue weighted by Gasteiger charge is 2.77. The number of ketones is 2. The summed E-state index contributed by atoms with van der Waals surface area (Å²) in [5, 5.41) is 21.3. The number of allylic oxidation sites excluding steroid dienone is 4. The maximum atomic E-state index is 17.7. The quantitative estimate of drug-likeness (QED) is 0.191. The number of carbonyl (C=O) groups excluding carboxylic acids is 4. The summed E-state index contributed by atoms with van der Waals surface area (Å²) >= 11 is 0. The van der Waals surface area contributed by atoms with Gasteiger partial charge in [-0.25, -0.2) is 9.18 Å². The fourth-order valence-electron chi connectivity index (χ4n) is 9.14. The zero-order valence-electron chi connectivity index (χ0n) is 27.2. The van der Waals surface area contributed by atoms with Gasteiger partial charge in [0, 0.05) is 29.1 Å². The summed E-state index contributed by atoms with van der Waals surface area (Å²) in [6.07, 6.45) is 5.07. The minimum absolute atomic E-state index is 0.0649. The second-order valence-corrected chi connectivity index (χ2v) is 13.9. The molecule has 3 fully saturated rings. The van der Waals surface area contributed by atoms with Crippen molar-refractivity contribution in [3.63, 3.8) is 0 Å². The van der Waals surface area contributed by atoms with Crippen molar-refractivity contribution in [3.8, 4) is 0 Å². The molecule has 1 aromatic rings. The van der Waals surface area contributed by atoms with Gasteiger partial charge in [0.05, 0.1) is 11.7 Å². The molecular formula is C35H42FNO10. The number of Topliss-reactive ketones (excluding diaryl/α,β-unsaturated/α-hetero) is 1. The molecule has 0 bridgehead atoms. The maximum absolute atomic E-state index is 17.7. The number of unbranched alkanes of at least 4 members (excludes halogenated alkanes) is 1. The van der Waals surface area contributed by atoms with Crippen LogP contribution in [0.15, 0.2) is 48.1 Å². The molecule has 0 aliphatic heterocycles. The Hall–Kier alpha value is -3.93. The first-order chi connectivity index (χ1) is 22.1. The van der Waals surface area contributed by atoms with Gasteiger partial charge in [-0.2, -0.15) is 0 Å². The summed E-state index contributed by atoms with van der Waals surface area (Å²) in [6, 6.07) is 5.69. The molecule has 0 saturated heterocycles. The summed E-state index contributed by atoms with van der Waals surface area (Å²) in [5.41, 5.74) is -5.18. The molecule has 1 N–H and O–H groups in total. The van der Waals surface area contributed by atoms with E-state index in [1.54, 1.807) is 26.8 Å². The largest absolute Gasteiger partial charge is 0.454 e. The molecule has 47 heavy (non-hydrogen) atoms. The predicted molar refractivity (Wildman–Crippen MR) is 165 cm³/mol. The lowest BCUT2D eigenvalue weighted by Crippen LogP contribution is -2.70. The van der Waals surface area contributed by atoms with Crippen LogP contribution in [0.25, 0.3) is 0 Å². The number of esters is 2. The molecule has 0 amide bonds. The summed E-state index contributed by atoms with van der Waals surface area (Å²) < 4.78 is 29.3. The minimum Gasteiger partial charge on any atom is -0.454 e. The lowest BCUT2D eigenvalue weighted by molar-refractivity contribution is -0.763. The number of halogens is 1. The van der Waals surface area contributed by atoms with Crippen molar-refractivity contribution in [3.05, 3.63) is 69.3 Å². The normalized spacial score (nSPS) is 35.5. The standard InChI is InChI=1S/C35H42FNO10/c1-5-6-7-30(41)47-35(29(40)20-45-31(42)23-10-8-22(9-11-23)19-46-37(43)44)21(2)16-27-26-13-12-24-17-25(38)14-15-32(24,3)34(26,36)28(39)18-33(27,35)4/h8-11,14-15,17,21,26-28,39H,5-7,12-13,16,18-20H2,1-4H3/t21-,26?,27-,28-,32-,33-,34-,35-/m0/s1. The van der Waals surface area contributed by atoms with Crippen molar-refractivity contribution in [1.82, 2.24) is 0 Å². The van der Waals surface area contributed by atoms with E-state index in [4.69, 9.17) is 9.47 Å². The van der Waals surface area contributed by atoms with Crippen LogP contribution in [-0.4, -0.2) is 57.7 Å². The van der Waals surface area contributed by atoms with Gasteiger partial charge in [0.25, 0.3) is 5.09 Å². The van der Waals surface area contributed by atoms with Crippen LogP contribution in [-0.2, 0) is 35.3 Å². The molecule has 0 heterocycles. The number of hydrogen-bond donors (Lipinski definition) is 1. The number of rotatable bonds is 11. The van der Waals surface area contributed by atoms with Gasteiger partial charge in [-0.15, -0.1) is 10.1 Å². The Morgan fingerprint density at radius 2 is 1.85 bits per heavy atom. The first kappa shape index (κ1) is 34.4. The molecule has 3 saturated carbocycles. The van der Waals surface area contributed by atoms with Crippen LogP contribution in [0.3, 0.4) is 0 Å². The van der Waals surface area contributed by atoms with Gasteiger partial charge in [-0.1, -0.05) is 51.0 Å². The molecule has 11 nitrogen and oxygen atoms in total. The lowest BCUT2D eigenvalue weighted by Gasteiger charge is -2.62. The Morgan fingerprint density at radius 1 is 1.15 bits per heavy atom. The topological polar surface area (TPSA) is 159 Å². The Kier molecular flexibility index (Phi) is 9.22. The Bertz CT molecular complexity index is 1520. The van der Waals surface area contributed by atoms with Crippen LogP contribution >= 0.6 is 0 Å². The summed E-state index contributed by atoms with van der Waals surface area (Å²) in [6.45, 7) is 6.16. The fourth-order valence-corrected chi connectivity index (χ4v) is 9.14. The van der Waals surface area contributed by atoms with E-state index in [2.05, 4.69) is 4.84 Å². The summed E-state index contributed by atoms with van der Waals surface area (Å²) in [7, 11) is 0. The molecule has 5 rings (SSSR count). The number of aliphatic hydroxyl groups is 1. The van der Waals surface area contributed by atoms with Gasteiger partial charge >= 0.3 is 11.9 Å². The minimum atomic E-state index is -2.13. The highest BCUT2D eigenvalue weighted by Crippen LogP contribution is 2.71. The number of carbonyl (C=O) groups is 4. The lowest BCUT2D eigenvalue weighted by atomic mass is 9.44. The number of aliphatic hydroxyl groups excluding tert-OH is 1. The Balaban J connectivity index is 1.45. The second-order valence-electron chi connectivity index (χ2n) is 13.9. The third kappa shape index (κ3) is 5.48. The third-order valence-corrected chi connectivity index (χ3v) is 11.5. The van der Waals surface area contributed by atoms with Crippen molar-refractivity contribution in [2.75, 3.05) is 6.61 Å². The van der Waals surface area contributed by atoms with E-state index < -0.39 is 75.4 Å². The maximum Gasteiger partial charge on any atom is 0.338 e. The molecule has 1 aromatic carbocycles. The zero-order valence-corrected chi connectivity index (χ0v) is 27.2. The molecule has 0 spiro atoms. The molecule has 4 aliphatic carbocycles. The molecule has 0 aromatic heterocycles. The van der Waals surface area contributed by atoms with E-state index in [-0.39, 0.29) is 30.8 Å². The van der Waals surface area contributed by atoms with Gasteiger partial charge in [0.15, 0.2) is 23.7 Å². The second kappa shape index (κ2) is 12.6. The van der Waals surface area contributed by atoms with Crippen molar-refractivity contribution in [2.45, 2.75) is 96.6 Å².